The number of halogens is 1. The first-order chi connectivity index (χ1) is 8.90. The van der Waals surface area contributed by atoms with Crippen molar-refractivity contribution in [1.82, 2.24) is 0 Å². The Morgan fingerprint density at radius 1 is 1.37 bits per heavy atom. The molecule has 1 heterocycles. The fourth-order valence-electron chi connectivity index (χ4n) is 3.42. The summed E-state index contributed by atoms with van der Waals surface area (Å²) in [5, 5.41) is 9.85. The van der Waals surface area contributed by atoms with Crippen LogP contribution in [0.3, 0.4) is 0 Å². The van der Waals surface area contributed by atoms with Gasteiger partial charge in [-0.3, -0.25) is 0 Å². The number of fused-ring (bicyclic) bond motifs is 3. The van der Waals surface area contributed by atoms with Crippen molar-refractivity contribution < 1.29 is 9.84 Å². The van der Waals surface area contributed by atoms with E-state index in [1.807, 2.05) is 6.07 Å². The molecule has 0 bridgehead atoms. The fourth-order valence-corrected chi connectivity index (χ4v) is 3.86. The molecule has 1 aliphatic carbocycles. The monoisotopic (exact) mass is 322 g/mol. The summed E-state index contributed by atoms with van der Waals surface area (Å²) in [6, 6.07) is 3.75. The summed E-state index contributed by atoms with van der Waals surface area (Å²) in [6.45, 7) is 6.50. The third-order valence-corrected chi connectivity index (χ3v) is 5.24. The number of aromatic hydroxyl groups is 1. The number of ether oxygens (including phenoxy) is 1. The Labute approximate surface area is 122 Å². The predicted octanol–water partition coefficient (Wildman–Crippen LogP) is 4.77. The van der Waals surface area contributed by atoms with Gasteiger partial charge < -0.3 is 9.84 Å². The zero-order chi connectivity index (χ0) is 13.8. The van der Waals surface area contributed by atoms with E-state index in [9.17, 15) is 5.11 Å². The van der Waals surface area contributed by atoms with Crippen LogP contribution in [0.1, 0.15) is 45.1 Å². The number of hydrogen-bond acceptors (Lipinski definition) is 2. The summed E-state index contributed by atoms with van der Waals surface area (Å²) >= 11 is 3.45. The second-order valence-electron chi connectivity index (χ2n) is 6.21. The van der Waals surface area contributed by atoms with E-state index >= 15 is 0 Å². The van der Waals surface area contributed by atoms with Crippen molar-refractivity contribution in [3.63, 3.8) is 0 Å². The van der Waals surface area contributed by atoms with Crippen molar-refractivity contribution in [3.8, 4) is 11.5 Å². The number of rotatable bonds is 0. The number of phenolic OH excluding ortho intramolecular Hbond substituents is 1. The van der Waals surface area contributed by atoms with Crippen molar-refractivity contribution in [1.29, 1.82) is 0 Å². The van der Waals surface area contributed by atoms with Crippen molar-refractivity contribution in [3.05, 3.63) is 33.8 Å². The van der Waals surface area contributed by atoms with Gasteiger partial charge in [0.1, 0.15) is 21.6 Å². The van der Waals surface area contributed by atoms with Gasteiger partial charge in [0.15, 0.2) is 0 Å². The highest BCUT2D eigenvalue weighted by Gasteiger charge is 2.44. The topological polar surface area (TPSA) is 29.5 Å². The van der Waals surface area contributed by atoms with Crippen LogP contribution in [0.4, 0.5) is 0 Å². The van der Waals surface area contributed by atoms with Gasteiger partial charge in [0.2, 0.25) is 0 Å². The van der Waals surface area contributed by atoms with Gasteiger partial charge in [-0.05, 0) is 55.6 Å². The largest absolute Gasteiger partial charge is 0.507 e. The molecule has 1 N–H and O–H groups in total. The van der Waals surface area contributed by atoms with Gasteiger partial charge in [-0.25, -0.2) is 0 Å². The van der Waals surface area contributed by atoms with Crippen molar-refractivity contribution >= 4 is 15.9 Å². The molecule has 19 heavy (non-hydrogen) atoms. The molecule has 0 aromatic heterocycles. The van der Waals surface area contributed by atoms with Gasteiger partial charge in [0.25, 0.3) is 0 Å². The lowest BCUT2D eigenvalue weighted by atomic mass is 9.68. The molecule has 1 aromatic carbocycles. The first kappa shape index (κ1) is 13.0. The molecule has 0 saturated heterocycles. The Kier molecular flexibility index (Phi) is 2.93. The molecule has 1 aliphatic heterocycles. The first-order valence-electron chi connectivity index (χ1n) is 6.78. The summed E-state index contributed by atoms with van der Waals surface area (Å²) < 4.78 is 6.87. The summed E-state index contributed by atoms with van der Waals surface area (Å²) in [5.74, 6) is 1.94. The van der Waals surface area contributed by atoms with Crippen LogP contribution in [0.5, 0.6) is 11.5 Å². The number of benzene rings is 1. The molecular weight excluding hydrogens is 304 g/mol. The van der Waals surface area contributed by atoms with Gasteiger partial charge in [-0.2, -0.15) is 0 Å². The van der Waals surface area contributed by atoms with E-state index in [4.69, 9.17) is 4.74 Å². The summed E-state index contributed by atoms with van der Waals surface area (Å²) in [4.78, 5) is 0. The molecule has 3 rings (SSSR count). The molecule has 2 aliphatic rings. The Morgan fingerprint density at radius 3 is 2.84 bits per heavy atom. The molecule has 1 aromatic rings. The molecule has 0 amide bonds. The summed E-state index contributed by atoms with van der Waals surface area (Å²) in [5.41, 5.74) is 2.44. The minimum atomic E-state index is -0.203. The molecule has 102 valence electrons. The highest BCUT2D eigenvalue weighted by molar-refractivity contribution is 9.10. The van der Waals surface area contributed by atoms with Crippen LogP contribution in [0.2, 0.25) is 0 Å². The van der Waals surface area contributed by atoms with E-state index in [0.717, 1.165) is 18.6 Å². The zero-order valence-corrected chi connectivity index (χ0v) is 13.1. The van der Waals surface area contributed by atoms with Crippen LogP contribution in [0, 0.1) is 5.92 Å². The van der Waals surface area contributed by atoms with Crippen LogP contribution in [0.25, 0.3) is 0 Å². The third-order valence-electron chi connectivity index (χ3n) is 4.47. The maximum atomic E-state index is 9.85. The lowest BCUT2D eigenvalue weighted by molar-refractivity contribution is 0.0106. The third kappa shape index (κ3) is 1.99. The molecule has 0 fully saturated rings. The minimum Gasteiger partial charge on any atom is -0.507 e. The first-order valence-corrected chi connectivity index (χ1v) is 7.57. The van der Waals surface area contributed by atoms with Gasteiger partial charge in [-0.1, -0.05) is 17.7 Å². The maximum absolute atomic E-state index is 9.85. The molecule has 0 saturated carbocycles. The van der Waals surface area contributed by atoms with Crippen molar-refractivity contribution in [2.24, 2.45) is 5.92 Å². The Morgan fingerprint density at radius 2 is 2.11 bits per heavy atom. The number of phenols is 1. The second kappa shape index (κ2) is 4.27. The molecule has 2 nitrogen and oxygen atoms in total. The Hall–Kier alpha value is -0.960. The van der Waals surface area contributed by atoms with Gasteiger partial charge >= 0.3 is 0 Å². The number of hydrogen-bond donors (Lipinski definition) is 1. The molecule has 0 spiro atoms. The van der Waals surface area contributed by atoms with Crippen LogP contribution in [0.15, 0.2) is 28.3 Å². The van der Waals surface area contributed by atoms with Crippen molar-refractivity contribution in [2.75, 3.05) is 0 Å². The minimum absolute atomic E-state index is 0.203. The van der Waals surface area contributed by atoms with E-state index in [1.165, 1.54) is 11.1 Å². The van der Waals surface area contributed by atoms with Gasteiger partial charge in [-0.15, -0.1) is 0 Å². The molecule has 0 unspecified atom stereocenters. The molecular formula is C16H19BrO2. The van der Waals surface area contributed by atoms with Crippen LogP contribution < -0.4 is 4.74 Å². The molecule has 2 atom stereocenters. The second-order valence-corrected chi connectivity index (χ2v) is 7.00. The van der Waals surface area contributed by atoms with E-state index in [2.05, 4.69) is 42.8 Å². The summed E-state index contributed by atoms with van der Waals surface area (Å²) in [7, 11) is 0. The smallest absolute Gasteiger partial charge is 0.141 e. The standard InChI is InChI=1S/C16H19BrO2/c1-9-4-6-12-11(8-9)10-5-7-13(18)14(17)15(10)19-16(12,2)3/h5,7-8,11-12,18H,4,6H2,1-3H3/t11-,12+/m0/s1. The normalized spacial score (nSPS) is 27.9. The van der Waals surface area contributed by atoms with Crippen LogP contribution in [-0.4, -0.2) is 10.7 Å². The highest BCUT2D eigenvalue weighted by Crippen LogP contribution is 2.53. The van der Waals surface area contributed by atoms with E-state index in [1.54, 1.807) is 6.07 Å². The maximum Gasteiger partial charge on any atom is 0.141 e. The van der Waals surface area contributed by atoms with Crippen molar-refractivity contribution in [2.45, 2.75) is 45.1 Å². The zero-order valence-electron chi connectivity index (χ0n) is 11.5. The number of allylic oxidation sites excluding steroid dienone is 2. The SMILES string of the molecule is CC1=C[C@H]2c3ccc(O)c(Br)c3OC(C)(C)[C@@H]2CC1. The van der Waals surface area contributed by atoms with Gasteiger partial charge in [0.05, 0.1) is 0 Å². The molecule has 3 heteroatoms. The Bertz CT molecular complexity index is 560. The van der Waals surface area contributed by atoms with E-state index < -0.39 is 0 Å². The predicted molar refractivity (Wildman–Crippen MR) is 79.7 cm³/mol. The average Bonchev–Trinajstić information content (AvgIpc) is 2.34. The van der Waals surface area contributed by atoms with Crippen LogP contribution in [-0.2, 0) is 0 Å². The Balaban J connectivity index is 2.20. The highest BCUT2D eigenvalue weighted by atomic mass is 79.9. The van der Waals surface area contributed by atoms with Crippen LogP contribution >= 0.6 is 15.9 Å². The van der Waals surface area contributed by atoms with Gasteiger partial charge in [0, 0.05) is 17.4 Å². The lowest BCUT2D eigenvalue weighted by Gasteiger charge is -2.46. The quantitative estimate of drug-likeness (QED) is 0.697. The lowest BCUT2D eigenvalue weighted by Crippen LogP contribution is -2.45. The summed E-state index contributed by atoms with van der Waals surface area (Å²) in [6.07, 6.45) is 4.70. The van der Waals surface area contributed by atoms with E-state index in [-0.39, 0.29) is 11.4 Å². The molecule has 0 radical (unpaired) electrons. The average molecular weight is 323 g/mol. The van der Waals surface area contributed by atoms with E-state index in [0.29, 0.717) is 16.3 Å². The fraction of sp³-hybridized carbons (Fsp3) is 0.500.